The molecule has 2 aromatic heterocycles. The molecule has 2 atom stereocenters. The standard InChI is InChI=1S/C16H16ClN5O2S/c1-9-20-12(8-25-9)6-21-4-10-5-22(7-13(10)15(21)23)16(24)14-18-2-11(17)3-19-14/h2-3,8,10,13H,4-7H2,1H3/t10-,13+/m1/s1. The number of hydrogen-bond donors (Lipinski definition) is 0. The summed E-state index contributed by atoms with van der Waals surface area (Å²) in [5.74, 6) is -0.0189. The van der Waals surface area contributed by atoms with E-state index in [0.29, 0.717) is 31.2 Å². The van der Waals surface area contributed by atoms with Gasteiger partial charge in [0.25, 0.3) is 5.91 Å². The van der Waals surface area contributed by atoms with Gasteiger partial charge in [0.05, 0.1) is 28.2 Å². The first-order chi connectivity index (χ1) is 12.0. The Balaban J connectivity index is 1.41. The van der Waals surface area contributed by atoms with Crippen molar-refractivity contribution < 1.29 is 9.59 Å². The predicted molar refractivity (Wildman–Crippen MR) is 92.2 cm³/mol. The minimum absolute atomic E-state index is 0.1000. The minimum Gasteiger partial charge on any atom is -0.336 e. The van der Waals surface area contributed by atoms with Crippen LogP contribution in [0, 0.1) is 18.8 Å². The predicted octanol–water partition coefficient (Wildman–Crippen LogP) is 1.63. The maximum Gasteiger partial charge on any atom is 0.291 e. The summed E-state index contributed by atoms with van der Waals surface area (Å²) in [7, 11) is 0. The van der Waals surface area contributed by atoms with E-state index < -0.39 is 0 Å². The van der Waals surface area contributed by atoms with Crippen LogP contribution in [0.5, 0.6) is 0 Å². The van der Waals surface area contributed by atoms with Gasteiger partial charge in [0, 0.05) is 43.3 Å². The van der Waals surface area contributed by atoms with Crippen molar-refractivity contribution in [3.8, 4) is 0 Å². The molecule has 0 aromatic carbocycles. The molecule has 0 bridgehead atoms. The zero-order valence-electron chi connectivity index (χ0n) is 13.6. The number of aryl methyl sites for hydroxylation is 1. The van der Waals surface area contributed by atoms with E-state index in [2.05, 4.69) is 15.0 Å². The quantitative estimate of drug-likeness (QED) is 0.812. The van der Waals surface area contributed by atoms with Gasteiger partial charge in [-0.05, 0) is 6.92 Å². The lowest BCUT2D eigenvalue weighted by Crippen LogP contribution is -2.36. The van der Waals surface area contributed by atoms with Gasteiger partial charge in [0.2, 0.25) is 11.7 Å². The molecule has 2 aliphatic heterocycles. The van der Waals surface area contributed by atoms with Crippen LogP contribution in [-0.4, -0.2) is 56.2 Å². The average molecular weight is 378 g/mol. The number of likely N-dealkylation sites (tertiary alicyclic amines) is 2. The van der Waals surface area contributed by atoms with Crippen LogP contribution >= 0.6 is 22.9 Å². The Morgan fingerprint density at radius 2 is 2.08 bits per heavy atom. The van der Waals surface area contributed by atoms with E-state index in [1.165, 1.54) is 12.4 Å². The third-order valence-electron chi connectivity index (χ3n) is 4.64. The third-order valence-corrected chi connectivity index (χ3v) is 5.66. The van der Waals surface area contributed by atoms with E-state index >= 15 is 0 Å². The lowest BCUT2D eigenvalue weighted by molar-refractivity contribution is -0.131. The van der Waals surface area contributed by atoms with E-state index in [-0.39, 0.29) is 29.5 Å². The molecular weight excluding hydrogens is 362 g/mol. The molecule has 9 heteroatoms. The molecule has 130 valence electrons. The first-order valence-corrected chi connectivity index (χ1v) is 9.23. The van der Waals surface area contributed by atoms with Crippen LogP contribution in [-0.2, 0) is 11.3 Å². The van der Waals surface area contributed by atoms with Crippen molar-refractivity contribution in [2.75, 3.05) is 19.6 Å². The number of rotatable bonds is 3. The zero-order chi connectivity index (χ0) is 17.6. The Morgan fingerprint density at radius 3 is 2.72 bits per heavy atom. The van der Waals surface area contributed by atoms with Crippen LogP contribution in [0.1, 0.15) is 21.3 Å². The van der Waals surface area contributed by atoms with Crippen molar-refractivity contribution in [2.24, 2.45) is 11.8 Å². The highest BCUT2D eigenvalue weighted by molar-refractivity contribution is 7.09. The second-order valence-corrected chi connectivity index (χ2v) is 7.88. The van der Waals surface area contributed by atoms with Gasteiger partial charge in [-0.1, -0.05) is 11.6 Å². The normalized spacial score (nSPS) is 22.6. The molecule has 7 nitrogen and oxygen atoms in total. The average Bonchev–Trinajstić information content (AvgIpc) is 3.26. The Labute approximate surface area is 153 Å². The van der Waals surface area contributed by atoms with Crippen molar-refractivity contribution in [3.63, 3.8) is 0 Å². The highest BCUT2D eigenvalue weighted by atomic mass is 35.5. The Morgan fingerprint density at radius 1 is 1.32 bits per heavy atom. The summed E-state index contributed by atoms with van der Waals surface area (Å²) in [4.78, 5) is 41.0. The van der Waals surface area contributed by atoms with Crippen molar-refractivity contribution in [1.29, 1.82) is 0 Å². The number of aromatic nitrogens is 3. The van der Waals surface area contributed by atoms with Crippen molar-refractivity contribution in [2.45, 2.75) is 13.5 Å². The van der Waals surface area contributed by atoms with Gasteiger partial charge in [-0.3, -0.25) is 9.59 Å². The van der Waals surface area contributed by atoms with Gasteiger partial charge in [0.15, 0.2) is 0 Å². The smallest absolute Gasteiger partial charge is 0.291 e. The molecule has 4 rings (SSSR count). The molecule has 4 heterocycles. The SMILES string of the molecule is Cc1nc(CN2C[C@@H]3CN(C(=O)c4ncc(Cl)cn4)C[C@@H]3C2=O)cs1. The fourth-order valence-electron chi connectivity index (χ4n) is 3.49. The molecule has 0 radical (unpaired) electrons. The number of hydrogen-bond acceptors (Lipinski definition) is 6. The maximum absolute atomic E-state index is 12.7. The number of thiazole rings is 1. The molecule has 0 aliphatic carbocycles. The highest BCUT2D eigenvalue weighted by Crippen LogP contribution is 2.33. The summed E-state index contributed by atoms with van der Waals surface area (Å²) in [6.07, 6.45) is 2.81. The first kappa shape index (κ1) is 16.4. The number of amides is 2. The van der Waals surface area contributed by atoms with E-state index in [4.69, 9.17) is 11.6 Å². The van der Waals surface area contributed by atoms with Gasteiger partial charge < -0.3 is 9.80 Å². The first-order valence-electron chi connectivity index (χ1n) is 7.98. The van der Waals surface area contributed by atoms with Crippen LogP contribution in [0.3, 0.4) is 0 Å². The minimum atomic E-state index is -0.249. The molecule has 2 aliphatic rings. The number of nitrogens with zero attached hydrogens (tertiary/aromatic N) is 5. The van der Waals surface area contributed by atoms with Crippen molar-refractivity contribution >= 4 is 34.8 Å². The van der Waals surface area contributed by atoms with E-state index in [0.717, 1.165) is 10.7 Å². The topological polar surface area (TPSA) is 79.3 Å². The van der Waals surface area contributed by atoms with Crippen LogP contribution in [0.15, 0.2) is 17.8 Å². The van der Waals surface area contributed by atoms with Crippen molar-refractivity contribution in [1.82, 2.24) is 24.8 Å². The van der Waals surface area contributed by atoms with Gasteiger partial charge in [-0.2, -0.15) is 0 Å². The van der Waals surface area contributed by atoms with Crippen LogP contribution in [0.2, 0.25) is 5.02 Å². The number of carbonyl (C=O) groups is 2. The van der Waals surface area contributed by atoms with E-state index in [9.17, 15) is 9.59 Å². The van der Waals surface area contributed by atoms with E-state index in [1.807, 2.05) is 17.2 Å². The molecule has 2 amide bonds. The van der Waals surface area contributed by atoms with Crippen LogP contribution in [0.25, 0.3) is 0 Å². The number of carbonyl (C=O) groups excluding carboxylic acids is 2. The lowest BCUT2D eigenvalue weighted by Gasteiger charge is -2.20. The molecule has 2 aromatic rings. The monoisotopic (exact) mass is 377 g/mol. The summed E-state index contributed by atoms with van der Waals surface area (Å²) >= 11 is 7.34. The van der Waals surface area contributed by atoms with E-state index in [1.54, 1.807) is 16.2 Å². The molecule has 2 fully saturated rings. The molecule has 0 unspecified atom stereocenters. The second kappa shape index (κ2) is 6.34. The van der Waals surface area contributed by atoms with Gasteiger partial charge in [-0.25, -0.2) is 15.0 Å². The Hall–Kier alpha value is -2.06. The molecule has 0 saturated carbocycles. The summed E-state index contributed by atoms with van der Waals surface area (Å²) in [6, 6.07) is 0. The van der Waals surface area contributed by atoms with Crippen molar-refractivity contribution in [3.05, 3.63) is 39.3 Å². The fraction of sp³-hybridized carbons (Fsp3) is 0.438. The van der Waals surface area contributed by atoms with Crippen LogP contribution < -0.4 is 0 Å². The number of fused-ring (bicyclic) bond motifs is 1. The van der Waals surface area contributed by atoms with Crippen LogP contribution in [0.4, 0.5) is 0 Å². The molecule has 0 N–H and O–H groups in total. The fourth-order valence-corrected chi connectivity index (χ4v) is 4.19. The molecule has 2 saturated heterocycles. The lowest BCUT2D eigenvalue weighted by atomic mass is 10.0. The van der Waals surface area contributed by atoms with Gasteiger partial charge in [0.1, 0.15) is 0 Å². The largest absolute Gasteiger partial charge is 0.336 e. The maximum atomic E-state index is 12.7. The zero-order valence-corrected chi connectivity index (χ0v) is 15.1. The Bertz CT molecular complexity index is 824. The molecule has 25 heavy (non-hydrogen) atoms. The Kier molecular flexibility index (Phi) is 4.16. The summed E-state index contributed by atoms with van der Waals surface area (Å²) in [5, 5.41) is 3.38. The van der Waals surface area contributed by atoms with Gasteiger partial charge >= 0.3 is 0 Å². The summed E-state index contributed by atoms with van der Waals surface area (Å²) in [5.41, 5.74) is 0.929. The molecular formula is C16H16ClN5O2S. The van der Waals surface area contributed by atoms with Gasteiger partial charge in [-0.15, -0.1) is 11.3 Å². The highest BCUT2D eigenvalue weighted by Gasteiger charge is 2.47. The third kappa shape index (κ3) is 3.11. The molecule has 0 spiro atoms. The summed E-state index contributed by atoms with van der Waals surface area (Å²) < 4.78 is 0. The second-order valence-electron chi connectivity index (χ2n) is 6.38. The summed E-state index contributed by atoms with van der Waals surface area (Å²) in [6.45, 7) is 4.13. The number of halogens is 1.